The number of hydrogen-bond acceptors (Lipinski definition) is 3. The van der Waals surface area contributed by atoms with Crippen LogP contribution in [0, 0.1) is 17.4 Å². The minimum Gasteiger partial charge on any atom is -0.330 e. The van der Waals surface area contributed by atoms with Crippen molar-refractivity contribution >= 4 is 23.3 Å². The normalized spacial score (nSPS) is 11.0. The van der Waals surface area contributed by atoms with Crippen LogP contribution in [0.15, 0.2) is 30.7 Å². The number of benzene rings is 1. The van der Waals surface area contributed by atoms with Gasteiger partial charge in [0, 0.05) is 0 Å². The smallest absolute Gasteiger partial charge is 0.145 e. The topological polar surface area (TPSA) is 46.5 Å². The lowest BCUT2D eigenvalue weighted by Crippen LogP contribution is -1.99. The fraction of sp³-hybridized carbons (Fsp3) is 0.0833. The van der Waals surface area contributed by atoms with Gasteiger partial charge in [-0.05, 0) is 24.6 Å². The summed E-state index contributed by atoms with van der Waals surface area (Å²) >= 11 is 5.11. The molecule has 1 aromatic carbocycles. The molecule has 0 aliphatic carbocycles. The van der Waals surface area contributed by atoms with Crippen LogP contribution in [0.4, 0.5) is 4.39 Å². The molecule has 90 valence electrons. The van der Waals surface area contributed by atoms with Crippen molar-refractivity contribution in [3.63, 3.8) is 0 Å². The van der Waals surface area contributed by atoms with E-state index in [9.17, 15) is 4.39 Å². The summed E-state index contributed by atoms with van der Waals surface area (Å²) in [7, 11) is 0. The van der Waals surface area contributed by atoms with Gasteiger partial charge >= 0.3 is 0 Å². The van der Waals surface area contributed by atoms with Gasteiger partial charge in [0.05, 0.1) is 23.6 Å². The van der Waals surface area contributed by atoms with E-state index in [1.165, 1.54) is 12.4 Å². The van der Waals surface area contributed by atoms with Crippen molar-refractivity contribution < 1.29 is 4.39 Å². The van der Waals surface area contributed by atoms with E-state index < -0.39 is 0 Å². The van der Waals surface area contributed by atoms with Crippen LogP contribution >= 0.6 is 12.2 Å². The Bertz CT molecular complexity index is 790. The number of H-pyrrole nitrogens is 1. The van der Waals surface area contributed by atoms with Gasteiger partial charge in [-0.15, -0.1) is 0 Å². The first-order valence-corrected chi connectivity index (χ1v) is 5.75. The zero-order chi connectivity index (χ0) is 12.7. The van der Waals surface area contributed by atoms with Gasteiger partial charge in [0.2, 0.25) is 0 Å². The first-order chi connectivity index (χ1) is 8.66. The Labute approximate surface area is 107 Å². The lowest BCUT2D eigenvalue weighted by molar-refractivity contribution is 0.616. The van der Waals surface area contributed by atoms with E-state index in [0.29, 0.717) is 21.5 Å². The molecular weight excluding hydrogens is 251 g/mol. The molecule has 4 nitrogen and oxygen atoms in total. The average Bonchev–Trinajstić information content (AvgIpc) is 2.78. The maximum Gasteiger partial charge on any atom is 0.145 e. The Morgan fingerprint density at radius 3 is 3.00 bits per heavy atom. The lowest BCUT2D eigenvalue weighted by Gasteiger charge is -2.04. The number of nitrogens with zero attached hydrogens (tertiary/aromatic N) is 3. The fourth-order valence-electron chi connectivity index (χ4n) is 1.77. The average molecular weight is 260 g/mol. The third-order valence-corrected chi connectivity index (χ3v) is 3.11. The van der Waals surface area contributed by atoms with Crippen LogP contribution in [-0.2, 0) is 0 Å². The number of halogens is 1. The summed E-state index contributed by atoms with van der Waals surface area (Å²) in [6, 6.07) is 4.97. The van der Waals surface area contributed by atoms with Crippen molar-refractivity contribution in [2.75, 3.05) is 0 Å². The van der Waals surface area contributed by atoms with Gasteiger partial charge in [0.25, 0.3) is 0 Å². The monoisotopic (exact) mass is 260 g/mol. The second-order valence-electron chi connectivity index (χ2n) is 3.96. The number of aryl methyl sites for hydroxylation is 1. The van der Waals surface area contributed by atoms with Crippen LogP contribution in [0.1, 0.15) is 5.56 Å². The molecule has 0 radical (unpaired) electrons. The van der Waals surface area contributed by atoms with Crippen molar-refractivity contribution in [1.29, 1.82) is 0 Å². The largest absolute Gasteiger partial charge is 0.330 e. The molecular formula is C12H9FN4S. The Morgan fingerprint density at radius 1 is 1.39 bits per heavy atom. The van der Waals surface area contributed by atoms with Gasteiger partial charge in [-0.25, -0.2) is 14.1 Å². The Balaban J connectivity index is 2.29. The Hall–Kier alpha value is -2.08. The highest BCUT2D eigenvalue weighted by Gasteiger charge is 2.08. The highest BCUT2D eigenvalue weighted by atomic mass is 32.1. The number of fused-ring (bicyclic) bond motifs is 1. The second-order valence-corrected chi connectivity index (χ2v) is 4.35. The molecule has 3 aromatic rings. The molecule has 3 rings (SSSR count). The summed E-state index contributed by atoms with van der Waals surface area (Å²) in [5, 5.41) is 4.95. The van der Waals surface area contributed by atoms with Crippen molar-refractivity contribution in [3.05, 3.63) is 46.7 Å². The number of rotatable bonds is 1. The summed E-state index contributed by atoms with van der Waals surface area (Å²) in [4.78, 5) is 6.95. The molecule has 0 saturated heterocycles. The predicted molar refractivity (Wildman–Crippen MR) is 68.7 cm³/mol. The zero-order valence-electron chi connectivity index (χ0n) is 9.51. The van der Waals surface area contributed by atoms with Crippen molar-refractivity contribution in [2.24, 2.45) is 0 Å². The van der Waals surface area contributed by atoms with E-state index in [-0.39, 0.29) is 5.82 Å². The minimum absolute atomic E-state index is 0.260. The first-order valence-electron chi connectivity index (χ1n) is 5.35. The summed E-state index contributed by atoms with van der Waals surface area (Å²) in [5.74, 6) is -0.260. The summed E-state index contributed by atoms with van der Waals surface area (Å²) in [6.45, 7) is 1.72. The molecule has 0 atom stereocenters. The van der Waals surface area contributed by atoms with E-state index in [2.05, 4.69) is 15.1 Å². The van der Waals surface area contributed by atoms with E-state index in [4.69, 9.17) is 12.2 Å². The second kappa shape index (κ2) is 3.99. The molecule has 0 bridgehead atoms. The molecule has 0 aliphatic rings. The van der Waals surface area contributed by atoms with E-state index in [0.717, 1.165) is 5.39 Å². The van der Waals surface area contributed by atoms with E-state index in [1.807, 2.05) is 6.07 Å². The van der Waals surface area contributed by atoms with Gasteiger partial charge in [-0.2, -0.15) is 5.10 Å². The standard InChI is InChI=1S/C12H9FN4S/c1-7-2-3-8(4-10(7)13)17-11-9(5-16-17)12(18)15-6-14-11/h2-6H,1H3,(H,14,15,18). The number of aromatic amines is 1. The molecule has 0 saturated carbocycles. The molecule has 6 heteroatoms. The summed E-state index contributed by atoms with van der Waals surface area (Å²) in [5.41, 5.74) is 1.95. The van der Waals surface area contributed by atoms with Crippen molar-refractivity contribution in [2.45, 2.75) is 6.92 Å². The SMILES string of the molecule is Cc1ccc(-n2ncc3c(=S)nc[nH]c32)cc1F. The highest BCUT2D eigenvalue weighted by Crippen LogP contribution is 2.18. The molecule has 0 amide bonds. The Morgan fingerprint density at radius 2 is 2.22 bits per heavy atom. The highest BCUT2D eigenvalue weighted by molar-refractivity contribution is 7.71. The molecule has 2 aromatic heterocycles. The van der Waals surface area contributed by atoms with Gasteiger partial charge in [-0.1, -0.05) is 18.3 Å². The maximum absolute atomic E-state index is 13.6. The number of hydrogen-bond donors (Lipinski definition) is 1. The molecule has 0 fully saturated rings. The maximum atomic E-state index is 13.6. The molecule has 18 heavy (non-hydrogen) atoms. The van der Waals surface area contributed by atoms with Crippen LogP contribution in [0.5, 0.6) is 0 Å². The molecule has 0 spiro atoms. The van der Waals surface area contributed by atoms with Crippen LogP contribution in [0.25, 0.3) is 16.7 Å². The van der Waals surface area contributed by atoms with Gasteiger partial charge in [0.1, 0.15) is 16.1 Å². The van der Waals surface area contributed by atoms with Gasteiger partial charge < -0.3 is 4.98 Å². The third-order valence-electron chi connectivity index (χ3n) is 2.78. The van der Waals surface area contributed by atoms with Crippen LogP contribution in [-0.4, -0.2) is 19.7 Å². The quantitative estimate of drug-likeness (QED) is 0.684. The number of nitrogens with one attached hydrogen (secondary N) is 1. The van der Waals surface area contributed by atoms with Crippen LogP contribution in [0.2, 0.25) is 0 Å². The molecule has 0 aliphatic heterocycles. The van der Waals surface area contributed by atoms with Crippen LogP contribution < -0.4 is 0 Å². The molecule has 0 unspecified atom stereocenters. The number of aromatic nitrogens is 4. The van der Waals surface area contributed by atoms with Gasteiger partial charge in [0.15, 0.2) is 0 Å². The first kappa shape index (κ1) is 11.0. The van der Waals surface area contributed by atoms with Gasteiger partial charge in [-0.3, -0.25) is 0 Å². The molecule has 1 N–H and O–H groups in total. The lowest BCUT2D eigenvalue weighted by atomic mass is 10.2. The Kier molecular flexibility index (Phi) is 2.45. The fourth-order valence-corrected chi connectivity index (χ4v) is 1.98. The third kappa shape index (κ3) is 1.62. The summed E-state index contributed by atoms with van der Waals surface area (Å²) in [6.07, 6.45) is 3.13. The minimum atomic E-state index is -0.260. The summed E-state index contributed by atoms with van der Waals surface area (Å²) < 4.78 is 15.6. The van der Waals surface area contributed by atoms with Crippen molar-refractivity contribution in [1.82, 2.24) is 19.7 Å². The van der Waals surface area contributed by atoms with E-state index in [1.54, 1.807) is 23.9 Å². The van der Waals surface area contributed by atoms with Crippen molar-refractivity contribution in [3.8, 4) is 5.69 Å². The predicted octanol–water partition coefficient (Wildman–Crippen LogP) is 2.93. The van der Waals surface area contributed by atoms with Crippen LogP contribution in [0.3, 0.4) is 0 Å². The zero-order valence-corrected chi connectivity index (χ0v) is 10.3. The van der Waals surface area contributed by atoms with E-state index >= 15 is 0 Å². The molecule has 2 heterocycles.